The average molecular weight is 357 g/mol. The first-order chi connectivity index (χ1) is 8.06. The van der Waals surface area contributed by atoms with E-state index in [0.29, 0.717) is 18.2 Å². The van der Waals surface area contributed by atoms with Gasteiger partial charge >= 0.3 is 12.1 Å². The highest BCUT2D eigenvalue weighted by Gasteiger charge is 2.45. The van der Waals surface area contributed by atoms with Gasteiger partial charge in [-0.3, -0.25) is 9.35 Å². The van der Waals surface area contributed by atoms with Gasteiger partial charge in [0.05, 0.1) is 0 Å². The lowest BCUT2D eigenvalue weighted by atomic mass is 10.2. The number of carbonyl (C=O) groups is 1. The summed E-state index contributed by atoms with van der Waals surface area (Å²) < 4.78 is 70.2. The van der Waals surface area contributed by atoms with Crippen molar-refractivity contribution < 1.29 is 35.7 Å². The normalized spacial score (nSPS) is 14.3. The molecule has 10 heteroatoms. The van der Waals surface area contributed by atoms with Crippen LogP contribution in [0.5, 0.6) is 0 Å². The minimum Gasteiger partial charge on any atom is -0.451 e. The molecule has 0 fully saturated rings. The van der Waals surface area contributed by atoms with Crippen molar-refractivity contribution in [3.8, 4) is 0 Å². The fourth-order valence-corrected chi connectivity index (χ4v) is 2.00. The van der Waals surface area contributed by atoms with Gasteiger partial charge in [0.15, 0.2) is 0 Å². The molecule has 0 amide bonds. The number of esters is 1. The molecule has 0 radical (unpaired) electrons. The van der Waals surface area contributed by atoms with E-state index < -0.39 is 34.1 Å². The molecule has 0 saturated carbocycles. The fraction of sp³-hybridized carbons (Fsp3) is 0.875. The van der Waals surface area contributed by atoms with Crippen molar-refractivity contribution in [3.05, 3.63) is 0 Å². The smallest absolute Gasteiger partial charge is 0.426 e. The standard InChI is InChI=1S/C8H12BrF3O5S/c9-4-2-1-3-7(13)17-6(8(10,11)12)5-18(14,15)16/h6H,1-5H2,(H,14,15,16). The summed E-state index contributed by atoms with van der Waals surface area (Å²) in [5.74, 6) is -2.84. The summed E-state index contributed by atoms with van der Waals surface area (Å²) in [7, 11) is -4.88. The predicted octanol–water partition coefficient (Wildman–Crippen LogP) is 1.91. The fourth-order valence-electron chi connectivity index (χ4n) is 0.968. The van der Waals surface area contributed by atoms with Gasteiger partial charge in [0.1, 0.15) is 5.75 Å². The van der Waals surface area contributed by atoms with Crippen LogP contribution in [0.2, 0.25) is 0 Å². The van der Waals surface area contributed by atoms with E-state index in [0.717, 1.165) is 0 Å². The summed E-state index contributed by atoms with van der Waals surface area (Å²) in [6.45, 7) is 0. The predicted molar refractivity (Wildman–Crippen MR) is 60.0 cm³/mol. The van der Waals surface area contributed by atoms with Gasteiger partial charge in [-0.25, -0.2) is 0 Å². The van der Waals surface area contributed by atoms with Gasteiger partial charge in [-0.05, 0) is 12.8 Å². The number of hydrogen-bond donors (Lipinski definition) is 1. The molecule has 0 bridgehead atoms. The quantitative estimate of drug-likeness (QED) is 0.326. The van der Waals surface area contributed by atoms with E-state index in [9.17, 15) is 26.4 Å². The zero-order chi connectivity index (χ0) is 14.4. The average Bonchev–Trinajstić information content (AvgIpc) is 2.13. The maximum absolute atomic E-state index is 12.3. The van der Waals surface area contributed by atoms with Crippen molar-refractivity contribution in [2.75, 3.05) is 11.1 Å². The van der Waals surface area contributed by atoms with Crippen LogP contribution in [-0.2, 0) is 19.6 Å². The van der Waals surface area contributed by atoms with E-state index >= 15 is 0 Å². The van der Waals surface area contributed by atoms with Crippen LogP contribution in [0.15, 0.2) is 0 Å². The number of hydrogen-bond acceptors (Lipinski definition) is 4. The highest BCUT2D eigenvalue weighted by molar-refractivity contribution is 9.09. The van der Waals surface area contributed by atoms with E-state index in [2.05, 4.69) is 20.7 Å². The molecule has 5 nitrogen and oxygen atoms in total. The van der Waals surface area contributed by atoms with Crippen LogP contribution in [0.1, 0.15) is 19.3 Å². The second-order valence-electron chi connectivity index (χ2n) is 3.41. The molecule has 0 aromatic rings. The molecule has 0 aliphatic carbocycles. The molecule has 108 valence electrons. The molecule has 0 rings (SSSR count). The first-order valence-corrected chi connectivity index (χ1v) is 7.56. The van der Waals surface area contributed by atoms with Gasteiger partial charge in [0, 0.05) is 11.8 Å². The van der Waals surface area contributed by atoms with Crippen molar-refractivity contribution in [3.63, 3.8) is 0 Å². The second kappa shape index (κ2) is 7.29. The number of unbranched alkanes of at least 4 members (excludes halogenated alkanes) is 1. The number of ether oxygens (including phenoxy) is 1. The van der Waals surface area contributed by atoms with E-state index in [1.807, 2.05) is 0 Å². The Morgan fingerprint density at radius 1 is 1.33 bits per heavy atom. The Bertz CT molecular complexity index is 367. The van der Waals surface area contributed by atoms with Gasteiger partial charge in [0.2, 0.25) is 6.10 Å². The summed E-state index contributed by atoms with van der Waals surface area (Å²) in [4.78, 5) is 11.0. The van der Waals surface area contributed by atoms with Crippen LogP contribution in [-0.4, -0.2) is 42.3 Å². The van der Waals surface area contributed by atoms with Gasteiger partial charge in [-0.1, -0.05) is 15.9 Å². The van der Waals surface area contributed by atoms with Crippen molar-refractivity contribution in [2.24, 2.45) is 0 Å². The maximum Gasteiger partial charge on any atom is 0.426 e. The van der Waals surface area contributed by atoms with E-state index in [1.54, 1.807) is 0 Å². The maximum atomic E-state index is 12.3. The molecule has 0 aromatic carbocycles. The van der Waals surface area contributed by atoms with Crippen molar-refractivity contribution >= 4 is 32.0 Å². The Labute approximate surface area is 111 Å². The van der Waals surface area contributed by atoms with E-state index in [1.165, 1.54) is 0 Å². The molecule has 0 spiro atoms. The lowest BCUT2D eigenvalue weighted by Crippen LogP contribution is -2.39. The summed E-state index contributed by atoms with van der Waals surface area (Å²) >= 11 is 3.08. The van der Waals surface area contributed by atoms with E-state index in [-0.39, 0.29) is 6.42 Å². The number of halogens is 4. The van der Waals surface area contributed by atoms with Gasteiger partial charge in [-0.2, -0.15) is 21.6 Å². The molecule has 1 unspecified atom stereocenters. The largest absolute Gasteiger partial charge is 0.451 e. The van der Waals surface area contributed by atoms with Crippen molar-refractivity contribution in [1.29, 1.82) is 0 Å². The van der Waals surface area contributed by atoms with Crippen LogP contribution in [0.25, 0.3) is 0 Å². The summed E-state index contributed by atoms with van der Waals surface area (Å²) in [6.07, 6.45) is -7.24. The van der Waals surface area contributed by atoms with Crippen LogP contribution in [0.4, 0.5) is 13.2 Å². The Balaban J connectivity index is 4.47. The van der Waals surface area contributed by atoms with Gasteiger partial charge < -0.3 is 4.74 Å². The SMILES string of the molecule is O=C(CCCCBr)OC(CS(=O)(=O)O)C(F)(F)F. The third-order valence-electron chi connectivity index (χ3n) is 1.77. The lowest BCUT2D eigenvalue weighted by Gasteiger charge is -2.19. The molecular weight excluding hydrogens is 345 g/mol. The molecule has 0 aromatic heterocycles. The molecule has 0 heterocycles. The Hall–Kier alpha value is -0.350. The molecule has 1 N–H and O–H groups in total. The minimum absolute atomic E-state index is 0.246. The first kappa shape index (κ1) is 17.6. The lowest BCUT2D eigenvalue weighted by molar-refractivity contribution is -0.215. The molecule has 0 saturated heterocycles. The monoisotopic (exact) mass is 356 g/mol. The van der Waals surface area contributed by atoms with Crippen LogP contribution >= 0.6 is 15.9 Å². The van der Waals surface area contributed by atoms with Crippen LogP contribution < -0.4 is 0 Å². The molecule has 1 atom stereocenters. The third-order valence-corrected chi connectivity index (χ3v) is 3.05. The highest BCUT2D eigenvalue weighted by Crippen LogP contribution is 2.24. The molecule has 0 aliphatic rings. The number of alkyl halides is 4. The Morgan fingerprint density at radius 3 is 2.28 bits per heavy atom. The molecule has 0 aliphatic heterocycles. The van der Waals surface area contributed by atoms with Crippen molar-refractivity contribution in [1.82, 2.24) is 0 Å². The summed E-state index contributed by atoms with van der Waals surface area (Å²) in [5, 5.41) is 0.591. The zero-order valence-corrected chi connectivity index (χ0v) is 11.5. The summed E-state index contributed by atoms with van der Waals surface area (Å²) in [6, 6.07) is 0. The molecular formula is C8H12BrF3O5S. The van der Waals surface area contributed by atoms with Crippen LogP contribution in [0.3, 0.4) is 0 Å². The third kappa shape index (κ3) is 8.70. The highest BCUT2D eigenvalue weighted by atomic mass is 79.9. The number of carbonyl (C=O) groups excluding carboxylic acids is 1. The second-order valence-corrected chi connectivity index (χ2v) is 5.70. The summed E-state index contributed by atoms with van der Waals surface area (Å²) in [5.41, 5.74) is 0. The number of rotatable bonds is 7. The minimum atomic E-state index is -5.04. The van der Waals surface area contributed by atoms with Gasteiger partial charge in [-0.15, -0.1) is 0 Å². The Morgan fingerprint density at radius 2 is 1.89 bits per heavy atom. The van der Waals surface area contributed by atoms with Gasteiger partial charge in [0.25, 0.3) is 10.1 Å². The first-order valence-electron chi connectivity index (χ1n) is 4.83. The topological polar surface area (TPSA) is 80.7 Å². The van der Waals surface area contributed by atoms with Crippen molar-refractivity contribution in [2.45, 2.75) is 31.5 Å². The molecule has 18 heavy (non-hydrogen) atoms. The zero-order valence-electron chi connectivity index (χ0n) is 9.11. The van der Waals surface area contributed by atoms with Crippen LogP contribution in [0, 0.1) is 0 Å². The van der Waals surface area contributed by atoms with E-state index in [4.69, 9.17) is 4.55 Å². The Kier molecular flexibility index (Phi) is 7.15.